The molecule has 4 nitrogen and oxygen atoms in total. The molecule has 2 N–H and O–H groups in total. The maximum atomic E-state index is 11.7. The second-order valence-corrected chi connectivity index (χ2v) is 5.46. The molecule has 0 fully saturated rings. The van der Waals surface area contributed by atoms with Gasteiger partial charge in [-0.15, -0.1) is 0 Å². The third-order valence-electron chi connectivity index (χ3n) is 3.67. The molecule has 0 aliphatic heterocycles. The molecule has 2 aromatic rings. The normalized spacial score (nSPS) is 11.8. The monoisotopic (exact) mass is 299 g/mol. The molecule has 22 heavy (non-hydrogen) atoms. The van der Waals surface area contributed by atoms with Gasteiger partial charge >= 0.3 is 5.97 Å². The highest BCUT2D eigenvalue weighted by atomic mass is 16.5. The van der Waals surface area contributed by atoms with E-state index in [1.165, 1.54) is 0 Å². The number of anilines is 1. The Labute approximate surface area is 130 Å². The fraction of sp³-hybridized carbons (Fsp3) is 0.278. The maximum Gasteiger partial charge on any atom is 0.330 e. The van der Waals surface area contributed by atoms with Gasteiger partial charge in [0, 0.05) is 5.69 Å². The average molecular weight is 299 g/mol. The molecule has 0 saturated heterocycles. The van der Waals surface area contributed by atoms with E-state index >= 15 is 0 Å². The van der Waals surface area contributed by atoms with E-state index in [1.54, 1.807) is 19.2 Å². The number of methoxy groups -OCH3 is 1. The molecular weight excluding hydrogens is 278 g/mol. The number of benzene rings is 2. The summed E-state index contributed by atoms with van der Waals surface area (Å²) in [5, 5.41) is 12.7. The number of aryl methyl sites for hydroxylation is 3. The van der Waals surface area contributed by atoms with Gasteiger partial charge in [0.2, 0.25) is 0 Å². The van der Waals surface area contributed by atoms with Crippen molar-refractivity contribution in [2.75, 3.05) is 12.4 Å². The van der Waals surface area contributed by atoms with Gasteiger partial charge in [0.15, 0.2) is 6.04 Å². The second kappa shape index (κ2) is 6.52. The lowest BCUT2D eigenvalue weighted by molar-refractivity contribution is -0.138. The van der Waals surface area contributed by atoms with Crippen molar-refractivity contribution in [1.29, 1.82) is 0 Å². The highest BCUT2D eigenvalue weighted by Gasteiger charge is 2.23. The fourth-order valence-corrected chi connectivity index (χ4v) is 2.76. The number of hydrogen-bond acceptors (Lipinski definition) is 3. The first-order chi connectivity index (χ1) is 10.4. The van der Waals surface area contributed by atoms with Crippen LogP contribution in [0.1, 0.15) is 28.3 Å². The van der Waals surface area contributed by atoms with Crippen molar-refractivity contribution in [1.82, 2.24) is 0 Å². The molecule has 1 atom stereocenters. The lowest BCUT2D eigenvalue weighted by atomic mass is 9.94. The second-order valence-electron chi connectivity index (χ2n) is 5.46. The van der Waals surface area contributed by atoms with Crippen molar-refractivity contribution < 1.29 is 14.6 Å². The molecule has 0 saturated carbocycles. The van der Waals surface area contributed by atoms with Crippen LogP contribution in [0.25, 0.3) is 0 Å². The Morgan fingerprint density at radius 3 is 2.09 bits per heavy atom. The van der Waals surface area contributed by atoms with Crippen molar-refractivity contribution in [3.8, 4) is 5.75 Å². The van der Waals surface area contributed by atoms with Crippen LogP contribution in [0.5, 0.6) is 5.75 Å². The number of ether oxygens (including phenoxy) is 1. The van der Waals surface area contributed by atoms with Gasteiger partial charge in [-0.3, -0.25) is 0 Å². The summed E-state index contributed by atoms with van der Waals surface area (Å²) in [6.07, 6.45) is 0. The highest BCUT2D eigenvalue weighted by Crippen LogP contribution is 2.28. The minimum atomic E-state index is -0.897. The van der Waals surface area contributed by atoms with Crippen LogP contribution in [0.2, 0.25) is 0 Å². The third kappa shape index (κ3) is 3.39. The summed E-state index contributed by atoms with van der Waals surface area (Å²) in [5.41, 5.74) is 4.64. The minimum Gasteiger partial charge on any atom is -0.497 e. The smallest absolute Gasteiger partial charge is 0.330 e. The molecule has 0 aliphatic rings. The highest BCUT2D eigenvalue weighted by molar-refractivity contribution is 5.80. The molecule has 2 rings (SSSR count). The number of carbonyl (C=O) groups is 1. The van der Waals surface area contributed by atoms with Gasteiger partial charge in [-0.1, -0.05) is 17.7 Å². The van der Waals surface area contributed by atoms with E-state index in [1.807, 2.05) is 45.0 Å². The van der Waals surface area contributed by atoms with Crippen LogP contribution in [-0.4, -0.2) is 18.2 Å². The molecule has 4 heteroatoms. The molecule has 2 aromatic carbocycles. The zero-order valence-corrected chi connectivity index (χ0v) is 13.3. The summed E-state index contributed by atoms with van der Waals surface area (Å²) < 4.78 is 5.11. The van der Waals surface area contributed by atoms with E-state index in [9.17, 15) is 9.90 Å². The van der Waals surface area contributed by atoms with Crippen LogP contribution < -0.4 is 10.1 Å². The Morgan fingerprint density at radius 2 is 1.64 bits per heavy atom. The lowest BCUT2D eigenvalue weighted by Crippen LogP contribution is -2.22. The van der Waals surface area contributed by atoms with Crippen molar-refractivity contribution in [2.45, 2.75) is 26.8 Å². The van der Waals surface area contributed by atoms with E-state index in [0.29, 0.717) is 0 Å². The van der Waals surface area contributed by atoms with Crippen LogP contribution in [0.15, 0.2) is 36.4 Å². The molecule has 0 aromatic heterocycles. The van der Waals surface area contributed by atoms with Crippen LogP contribution in [0.4, 0.5) is 5.69 Å². The molecule has 116 valence electrons. The number of aliphatic carboxylic acids is 1. The Kier molecular flexibility index (Phi) is 4.71. The predicted molar refractivity (Wildman–Crippen MR) is 87.6 cm³/mol. The van der Waals surface area contributed by atoms with E-state index in [2.05, 4.69) is 5.32 Å². The van der Waals surface area contributed by atoms with E-state index in [-0.39, 0.29) is 0 Å². The molecule has 1 unspecified atom stereocenters. The predicted octanol–water partition coefficient (Wildman–Crippen LogP) is 3.86. The molecule has 0 aliphatic carbocycles. The summed E-state index contributed by atoms with van der Waals surface area (Å²) in [6, 6.07) is 10.5. The standard InChI is InChI=1S/C18H21NO3/c1-11-9-12(2)16(13(3)10-11)17(18(20)21)19-14-5-7-15(22-4)8-6-14/h5-10,17,19H,1-4H3,(H,20,21). The zero-order chi connectivity index (χ0) is 16.3. The number of rotatable bonds is 5. The Hall–Kier alpha value is -2.49. The first kappa shape index (κ1) is 15.9. The molecule has 0 spiro atoms. The Bertz CT molecular complexity index is 654. The van der Waals surface area contributed by atoms with Gasteiger partial charge in [0.05, 0.1) is 7.11 Å². The van der Waals surface area contributed by atoms with Crippen LogP contribution in [0, 0.1) is 20.8 Å². The number of carboxylic acid groups (broad SMARTS) is 1. The van der Waals surface area contributed by atoms with Gasteiger partial charge in [0.1, 0.15) is 5.75 Å². The summed E-state index contributed by atoms with van der Waals surface area (Å²) in [7, 11) is 1.60. The van der Waals surface area contributed by atoms with Crippen LogP contribution >= 0.6 is 0 Å². The summed E-state index contributed by atoms with van der Waals surface area (Å²) in [6.45, 7) is 5.90. The molecule has 0 radical (unpaired) electrons. The SMILES string of the molecule is COc1ccc(NC(C(=O)O)c2c(C)cc(C)cc2C)cc1. The van der Waals surface area contributed by atoms with Crippen LogP contribution in [0.3, 0.4) is 0 Å². The summed E-state index contributed by atoms with van der Waals surface area (Å²) >= 11 is 0. The summed E-state index contributed by atoms with van der Waals surface area (Å²) in [5.74, 6) is -0.161. The lowest BCUT2D eigenvalue weighted by Gasteiger charge is -2.21. The van der Waals surface area contributed by atoms with Gasteiger partial charge in [-0.2, -0.15) is 0 Å². The van der Waals surface area contributed by atoms with Gasteiger partial charge in [-0.25, -0.2) is 4.79 Å². The van der Waals surface area contributed by atoms with Gasteiger partial charge < -0.3 is 15.2 Å². The molecule has 0 amide bonds. The van der Waals surface area contributed by atoms with E-state index < -0.39 is 12.0 Å². The van der Waals surface area contributed by atoms with Crippen LogP contribution in [-0.2, 0) is 4.79 Å². The number of carboxylic acids is 1. The molecular formula is C18H21NO3. The number of hydrogen-bond donors (Lipinski definition) is 2. The largest absolute Gasteiger partial charge is 0.497 e. The number of nitrogens with one attached hydrogen (secondary N) is 1. The third-order valence-corrected chi connectivity index (χ3v) is 3.67. The van der Waals surface area contributed by atoms with Crippen molar-refractivity contribution in [3.05, 3.63) is 58.7 Å². The summed E-state index contributed by atoms with van der Waals surface area (Å²) in [4.78, 5) is 11.7. The van der Waals surface area contributed by atoms with Crippen molar-refractivity contribution >= 4 is 11.7 Å². The van der Waals surface area contributed by atoms with Crippen molar-refractivity contribution in [3.63, 3.8) is 0 Å². The fourth-order valence-electron chi connectivity index (χ4n) is 2.76. The molecule has 0 heterocycles. The van der Waals surface area contributed by atoms with E-state index in [0.717, 1.165) is 33.7 Å². The first-order valence-electron chi connectivity index (χ1n) is 7.13. The van der Waals surface area contributed by atoms with Gasteiger partial charge in [0.25, 0.3) is 0 Å². The Morgan fingerprint density at radius 1 is 1.09 bits per heavy atom. The first-order valence-corrected chi connectivity index (χ1v) is 7.13. The topological polar surface area (TPSA) is 58.6 Å². The molecule has 0 bridgehead atoms. The quantitative estimate of drug-likeness (QED) is 0.880. The zero-order valence-electron chi connectivity index (χ0n) is 13.3. The van der Waals surface area contributed by atoms with E-state index in [4.69, 9.17) is 4.74 Å². The van der Waals surface area contributed by atoms with Crippen molar-refractivity contribution in [2.24, 2.45) is 0 Å². The maximum absolute atomic E-state index is 11.7. The van der Waals surface area contributed by atoms with Gasteiger partial charge in [-0.05, 0) is 61.7 Å². The Balaban J connectivity index is 2.36. The average Bonchev–Trinajstić information content (AvgIpc) is 2.45. The minimum absolute atomic E-state index is 0.736.